The lowest BCUT2D eigenvalue weighted by atomic mass is 10.2. The van der Waals surface area contributed by atoms with Crippen LogP contribution in [0.1, 0.15) is 13.3 Å². The highest BCUT2D eigenvalue weighted by Gasteiger charge is 2.11. The summed E-state index contributed by atoms with van der Waals surface area (Å²) >= 11 is 0. The molecule has 90 valence electrons. The summed E-state index contributed by atoms with van der Waals surface area (Å²) in [7, 11) is 0. The van der Waals surface area contributed by atoms with Gasteiger partial charge in [0.2, 0.25) is 0 Å². The van der Waals surface area contributed by atoms with Crippen LogP contribution in [0.4, 0.5) is 0 Å². The van der Waals surface area contributed by atoms with Crippen molar-refractivity contribution in [3.05, 3.63) is 0 Å². The fourth-order valence-electron chi connectivity index (χ4n) is 0.966. The quantitative estimate of drug-likeness (QED) is 0.363. The van der Waals surface area contributed by atoms with Gasteiger partial charge in [-0.15, -0.1) is 0 Å². The Morgan fingerprint density at radius 2 is 1.93 bits per heavy atom. The predicted molar refractivity (Wildman–Crippen MR) is 53.2 cm³/mol. The van der Waals surface area contributed by atoms with Gasteiger partial charge >= 0.3 is 5.97 Å². The molecule has 0 rings (SSSR count). The van der Waals surface area contributed by atoms with E-state index in [1.807, 2.05) is 0 Å². The Morgan fingerprint density at radius 3 is 2.47 bits per heavy atom. The third-order valence-electron chi connectivity index (χ3n) is 1.68. The van der Waals surface area contributed by atoms with Crippen molar-refractivity contribution in [3.8, 4) is 0 Å². The minimum atomic E-state index is -0.847. The molecule has 6 heteroatoms. The van der Waals surface area contributed by atoms with Gasteiger partial charge in [-0.1, -0.05) is 0 Å². The Labute approximate surface area is 88.9 Å². The number of hydrogen-bond donors (Lipinski definition) is 4. The normalized spacial score (nSPS) is 14.7. The van der Waals surface area contributed by atoms with Crippen molar-refractivity contribution >= 4 is 5.97 Å². The van der Waals surface area contributed by atoms with Crippen LogP contribution >= 0.6 is 0 Å². The van der Waals surface area contributed by atoms with Gasteiger partial charge in [0, 0.05) is 13.1 Å². The largest absolute Gasteiger partial charge is 0.466 e. The van der Waals surface area contributed by atoms with Crippen LogP contribution < -0.4 is 5.32 Å². The van der Waals surface area contributed by atoms with Crippen LogP contribution in [-0.4, -0.2) is 59.8 Å². The number of carbonyl (C=O) groups is 1. The lowest BCUT2D eigenvalue weighted by molar-refractivity contribution is -0.145. The van der Waals surface area contributed by atoms with Gasteiger partial charge in [0.25, 0.3) is 0 Å². The van der Waals surface area contributed by atoms with Crippen molar-refractivity contribution in [1.29, 1.82) is 0 Å². The molecule has 0 bridgehead atoms. The molecule has 0 aliphatic rings. The number of aliphatic hydroxyl groups is 3. The molecule has 4 N–H and O–H groups in total. The average molecular weight is 221 g/mol. The first-order valence-electron chi connectivity index (χ1n) is 4.93. The van der Waals surface area contributed by atoms with Gasteiger partial charge in [-0.05, 0) is 6.92 Å². The first kappa shape index (κ1) is 14.3. The van der Waals surface area contributed by atoms with Crippen molar-refractivity contribution in [1.82, 2.24) is 5.32 Å². The van der Waals surface area contributed by atoms with Crippen LogP contribution in [0.3, 0.4) is 0 Å². The van der Waals surface area contributed by atoms with Crippen LogP contribution in [0.2, 0.25) is 0 Å². The molecule has 0 saturated heterocycles. The fraction of sp³-hybridized carbons (Fsp3) is 0.889. The summed E-state index contributed by atoms with van der Waals surface area (Å²) in [5.74, 6) is -0.450. The first-order chi connectivity index (χ1) is 7.10. The van der Waals surface area contributed by atoms with Gasteiger partial charge in [-0.3, -0.25) is 4.79 Å². The number of nitrogens with one attached hydrogen (secondary N) is 1. The van der Waals surface area contributed by atoms with Crippen LogP contribution in [0.5, 0.6) is 0 Å². The summed E-state index contributed by atoms with van der Waals surface area (Å²) in [6, 6.07) is 0. The third kappa shape index (κ3) is 8.31. The lowest BCUT2D eigenvalue weighted by Gasteiger charge is -2.12. The Bertz CT molecular complexity index is 176. The topological polar surface area (TPSA) is 99.0 Å². The minimum Gasteiger partial charge on any atom is -0.466 e. The molecular formula is C9H19NO5. The summed E-state index contributed by atoms with van der Waals surface area (Å²) in [4.78, 5) is 10.9. The molecule has 2 atom stereocenters. The average Bonchev–Trinajstić information content (AvgIpc) is 2.17. The third-order valence-corrected chi connectivity index (χ3v) is 1.68. The molecule has 0 aliphatic carbocycles. The SMILES string of the molecule is CCOC(=O)CC(O)CNCC(O)CO. The van der Waals surface area contributed by atoms with Crippen molar-refractivity contribution in [2.24, 2.45) is 0 Å². The van der Waals surface area contributed by atoms with E-state index in [1.54, 1.807) is 6.92 Å². The summed E-state index contributed by atoms with van der Waals surface area (Å²) in [6.45, 7) is 2.01. The fourth-order valence-corrected chi connectivity index (χ4v) is 0.966. The van der Waals surface area contributed by atoms with E-state index in [2.05, 4.69) is 10.1 Å². The van der Waals surface area contributed by atoms with Gasteiger partial charge in [0.15, 0.2) is 0 Å². The summed E-state index contributed by atoms with van der Waals surface area (Å²) in [6.07, 6.45) is -1.76. The van der Waals surface area contributed by atoms with Gasteiger partial charge in [0.1, 0.15) is 0 Å². The molecule has 0 aliphatic heterocycles. The van der Waals surface area contributed by atoms with E-state index in [1.165, 1.54) is 0 Å². The number of carbonyl (C=O) groups excluding carboxylic acids is 1. The molecular weight excluding hydrogens is 202 g/mol. The molecule has 0 heterocycles. The molecule has 0 aromatic carbocycles. The van der Waals surface area contributed by atoms with Crippen molar-refractivity contribution < 1.29 is 24.9 Å². The van der Waals surface area contributed by atoms with Gasteiger partial charge < -0.3 is 25.4 Å². The second-order valence-electron chi connectivity index (χ2n) is 3.16. The zero-order valence-electron chi connectivity index (χ0n) is 8.85. The molecule has 0 aromatic rings. The van der Waals surface area contributed by atoms with Crippen molar-refractivity contribution in [3.63, 3.8) is 0 Å². The van der Waals surface area contributed by atoms with E-state index in [0.29, 0.717) is 6.61 Å². The maximum absolute atomic E-state index is 10.9. The molecule has 6 nitrogen and oxygen atoms in total. The Kier molecular flexibility index (Phi) is 8.21. The number of aliphatic hydroxyl groups excluding tert-OH is 3. The van der Waals surface area contributed by atoms with E-state index in [-0.39, 0.29) is 26.1 Å². The van der Waals surface area contributed by atoms with E-state index >= 15 is 0 Å². The highest BCUT2D eigenvalue weighted by molar-refractivity contribution is 5.69. The Hall–Kier alpha value is -0.690. The van der Waals surface area contributed by atoms with E-state index < -0.39 is 18.2 Å². The molecule has 0 fully saturated rings. The smallest absolute Gasteiger partial charge is 0.308 e. The summed E-state index contributed by atoms with van der Waals surface area (Å²) in [5.41, 5.74) is 0. The van der Waals surface area contributed by atoms with Gasteiger partial charge in [0.05, 0.1) is 31.8 Å². The number of hydrogen-bond acceptors (Lipinski definition) is 6. The second-order valence-corrected chi connectivity index (χ2v) is 3.16. The first-order valence-corrected chi connectivity index (χ1v) is 4.93. The summed E-state index contributed by atoms with van der Waals surface area (Å²) in [5, 5.41) is 29.5. The zero-order chi connectivity index (χ0) is 11.7. The molecule has 0 amide bonds. The van der Waals surface area contributed by atoms with Crippen LogP contribution in [0.25, 0.3) is 0 Å². The Balaban J connectivity index is 3.48. The van der Waals surface area contributed by atoms with Crippen molar-refractivity contribution in [2.45, 2.75) is 25.6 Å². The minimum absolute atomic E-state index is 0.0734. The lowest BCUT2D eigenvalue weighted by Crippen LogP contribution is -2.35. The number of rotatable bonds is 8. The standard InChI is InChI=1S/C9H19NO5/c1-2-15-9(14)3-7(12)4-10-5-8(13)6-11/h7-8,10-13H,2-6H2,1H3. The molecule has 0 radical (unpaired) electrons. The van der Waals surface area contributed by atoms with Crippen LogP contribution in [0, 0.1) is 0 Å². The highest BCUT2D eigenvalue weighted by Crippen LogP contribution is 1.93. The maximum Gasteiger partial charge on any atom is 0.308 e. The molecule has 0 aromatic heterocycles. The zero-order valence-corrected chi connectivity index (χ0v) is 8.85. The number of ether oxygens (including phenoxy) is 1. The second kappa shape index (κ2) is 8.60. The van der Waals surface area contributed by atoms with E-state index in [0.717, 1.165) is 0 Å². The van der Waals surface area contributed by atoms with Crippen LogP contribution in [-0.2, 0) is 9.53 Å². The molecule has 15 heavy (non-hydrogen) atoms. The summed E-state index contributed by atoms with van der Waals surface area (Å²) < 4.78 is 4.65. The van der Waals surface area contributed by atoms with Crippen molar-refractivity contribution in [2.75, 3.05) is 26.3 Å². The van der Waals surface area contributed by atoms with Gasteiger partial charge in [-0.25, -0.2) is 0 Å². The number of esters is 1. The van der Waals surface area contributed by atoms with Gasteiger partial charge in [-0.2, -0.15) is 0 Å². The molecule has 0 spiro atoms. The molecule has 2 unspecified atom stereocenters. The predicted octanol–water partition coefficient (Wildman–Crippen LogP) is -1.76. The van der Waals surface area contributed by atoms with E-state index in [4.69, 9.17) is 10.2 Å². The van der Waals surface area contributed by atoms with E-state index in [9.17, 15) is 9.90 Å². The monoisotopic (exact) mass is 221 g/mol. The molecule has 0 saturated carbocycles. The highest BCUT2D eigenvalue weighted by atomic mass is 16.5. The van der Waals surface area contributed by atoms with Crippen LogP contribution in [0.15, 0.2) is 0 Å². The Morgan fingerprint density at radius 1 is 1.33 bits per heavy atom. The maximum atomic E-state index is 10.9.